The molecule has 0 aliphatic heterocycles. The molecule has 0 aromatic heterocycles. The Hall–Kier alpha value is -0.930. The van der Waals surface area contributed by atoms with Crippen molar-refractivity contribution >= 4 is 5.97 Å². The van der Waals surface area contributed by atoms with Crippen LogP contribution in [0.25, 0.3) is 0 Å². The van der Waals surface area contributed by atoms with Crippen molar-refractivity contribution in [3.05, 3.63) is 4.91 Å². The summed E-state index contributed by atoms with van der Waals surface area (Å²) in [6.45, 7) is 0. The van der Waals surface area contributed by atoms with Gasteiger partial charge in [0.15, 0.2) is 0 Å². The molecule has 1 rings (SSSR count). The lowest BCUT2D eigenvalue weighted by atomic mass is 9.86. The van der Waals surface area contributed by atoms with Gasteiger partial charge in [0.25, 0.3) is 0 Å². The predicted molar refractivity (Wildman–Crippen MR) is 43.6 cm³/mol. The number of carbonyl (C=O) groups excluding carboxylic acids is 1. The molecular formula is C8H13NO3. The molecule has 0 spiro atoms. The number of esters is 1. The van der Waals surface area contributed by atoms with Crippen molar-refractivity contribution in [3.8, 4) is 0 Å². The predicted octanol–water partition coefficient (Wildman–Crippen LogP) is 1.48. The zero-order chi connectivity index (χ0) is 8.97. The van der Waals surface area contributed by atoms with Crippen LogP contribution >= 0.6 is 0 Å². The van der Waals surface area contributed by atoms with E-state index in [0.717, 1.165) is 19.3 Å². The summed E-state index contributed by atoms with van der Waals surface area (Å²) in [4.78, 5) is 21.3. The van der Waals surface area contributed by atoms with Crippen molar-refractivity contribution in [2.75, 3.05) is 7.11 Å². The van der Waals surface area contributed by atoms with Gasteiger partial charge < -0.3 is 4.74 Å². The van der Waals surface area contributed by atoms with Crippen LogP contribution < -0.4 is 0 Å². The molecule has 1 aliphatic carbocycles. The first kappa shape index (κ1) is 9.16. The summed E-state index contributed by atoms with van der Waals surface area (Å²) >= 11 is 0. The maximum absolute atomic E-state index is 11.1. The van der Waals surface area contributed by atoms with E-state index < -0.39 is 0 Å². The first-order chi connectivity index (χ1) is 5.77. The van der Waals surface area contributed by atoms with E-state index in [-0.39, 0.29) is 17.9 Å². The lowest BCUT2D eigenvalue weighted by molar-refractivity contribution is -0.146. The summed E-state index contributed by atoms with van der Waals surface area (Å²) in [6.07, 6.45) is 3.11. The third-order valence-corrected chi connectivity index (χ3v) is 2.33. The van der Waals surface area contributed by atoms with Crippen LogP contribution in [0.3, 0.4) is 0 Å². The lowest BCUT2D eigenvalue weighted by Crippen LogP contribution is -2.25. The van der Waals surface area contributed by atoms with Crippen LogP contribution in [0.15, 0.2) is 5.18 Å². The molecule has 1 saturated carbocycles. The molecule has 12 heavy (non-hydrogen) atoms. The van der Waals surface area contributed by atoms with E-state index in [0.29, 0.717) is 6.42 Å². The number of hydrogen-bond donors (Lipinski definition) is 0. The molecule has 0 radical (unpaired) electrons. The quantitative estimate of drug-likeness (QED) is 0.467. The van der Waals surface area contributed by atoms with Crippen molar-refractivity contribution in [2.24, 2.45) is 11.1 Å². The molecule has 0 amide bonds. The molecule has 1 fully saturated rings. The molecular weight excluding hydrogens is 158 g/mol. The van der Waals surface area contributed by atoms with Crippen LogP contribution in [0.1, 0.15) is 25.7 Å². The van der Waals surface area contributed by atoms with Gasteiger partial charge >= 0.3 is 5.97 Å². The average molecular weight is 171 g/mol. The zero-order valence-electron chi connectivity index (χ0n) is 7.16. The van der Waals surface area contributed by atoms with Crippen molar-refractivity contribution in [2.45, 2.75) is 31.7 Å². The summed E-state index contributed by atoms with van der Waals surface area (Å²) in [7, 11) is 1.38. The molecule has 2 unspecified atom stereocenters. The molecule has 4 heteroatoms. The average Bonchev–Trinajstić information content (AvgIpc) is 2.17. The Labute approximate surface area is 71.3 Å². The highest BCUT2D eigenvalue weighted by Gasteiger charge is 2.28. The second-order valence-corrected chi connectivity index (χ2v) is 3.15. The first-order valence-electron chi connectivity index (χ1n) is 4.18. The summed E-state index contributed by atoms with van der Waals surface area (Å²) in [6, 6.07) is -0.178. The van der Waals surface area contributed by atoms with Crippen LogP contribution in [0.4, 0.5) is 0 Å². The fraction of sp³-hybridized carbons (Fsp3) is 0.875. The van der Waals surface area contributed by atoms with Gasteiger partial charge in [-0.05, 0) is 19.3 Å². The standard InChI is InChI=1S/C8H13NO3/c1-12-8(10)6-3-2-4-7(5-6)9-11/h6-7H,2-5H2,1H3. The number of methoxy groups -OCH3 is 1. The van der Waals surface area contributed by atoms with Gasteiger partial charge in [-0.2, -0.15) is 4.91 Å². The molecule has 0 N–H and O–H groups in total. The van der Waals surface area contributed by atoms with Crippen LogP contribution in [-0.4, -0.2) is 19.1 Å². The smallest absolute Gasteiger partial charge is 0.308 e. The van der Waals surface area contributed by atoms with Gasteiger partial charge in [-0.3, -0.25) is 4.79 Å². The van der Waals surface area contributed by atoms with E-state index in [2.05, 4.69) is 9.91 Å². The summed E-state index contributed by atoms with van der Waals surface area (Å²) < 4.78 is 4.60. The Morgan fingerprint density at radius 1 is 1.50 bits per heavy atom. The highest BCUT2D eigenvalue weighted by Crippen LogP contribution is 2.26. The van der Waals surface area contributed by atoms with Gasteiger partial charge in [-0.25, -0.2) is 0 Å². The Morgan fingerprint density at radius 2 is 2.25 bits per heavy atom. The van der Waals surface area contributed by atoms with Gasteiger partial charge in [0.05, 0.1) is 19.1 Å². The first-order valence-corrected chi connectivity index (χ1v) is 4.18. The second kappa shape index (κ2) is 4.18. The maximum atomic E-state index is 11.1. The van der Waals surface area contributed by atoms with Gasteiger partial charge in [-0.15, -0.1) is 0 Å². The third kappa shape index (κ3) is 2.03. The monoisotopic (exact) mass is 171 g/mol. The van der Waals surface area contributed by atoms with E-state index in [4.69, 9.17) is 0 Å². The number of carbonyl (C=O) groups is 1. The van der Waals surface area contributed by atoms with Crippen molar-refractivity contribution < 1.29 is 9.53 Å². The van der Waals surface area contributed by atoms with Crippen LogP contribution in [0, 0.1) is 10.8 Å². The number of ether oxygens (including phenoxy) is 1. The topological polar surface area (TPSA) is 55.7 Å². The fourth-order valence-corrected chi connectivity index (χ4v) is 1.64. The number of hydrogen-bond acceptors (Lipinski definition) is 4. The van der Waals surface area contributed by atoms with E-state index in [1.165, 1.54) is 7.11 Å². The maximum Gasteiger partial charge on any atom is 0.308 e. The minimum absolute atomic E-state index is 0.105. The molecule has 1 aliphatic rings. The molecule has 4 nitrogen and oxygen atoms in total. The van der Waals surface area contributed by atoms with Gasteiger partial charge in [-0.1, -0.05) is 11.6 Å². The molecule has 2 atom stereocenters. The molecule has 0 bridgehead atoms. The Bertz CT molecular complexity index is 181. The van der Waals surface area contributed by atoms with Crippen molar-refractivity contribution in [1.82, 2.24) is 0 Å². The summed E-state index contributed by atoms with van der Waals surface area (Å²) in [5.74, 6) is -0.310. The van der Waals surface area contributed by atoms with Gasteiger partial charge in [0, 0.05) is 0 Å². The Morgan fingerprint density at radius 3 is 2.83 bits per heavy atom. The highest BCUT2D eigenvalue weighted by molar-refractivity contribution is 5.72. The van der Waals surface area contributed by atoms with Crippen molar-refractivity contribution in [1.29, 1.82) is 0 Å². The minimum atomic E-state index is -0.205. The SMILES string of the molecule is COC(=O)C1CCCC(N=O)C1. The molecule has 0 saturated heterocycles. The van der Waals surface area contributed by atoms with E-state index in [9.17, 15) is 9.70 Å². The van der Waals surface area contributed by atoms with Crippen LogP contribution in [0.5, 0.6) is 0 Å². The zero-order valence-corrected chi connectivity index (χ0v) is 7.16. The minimum Gasteiger partial charge on any atom is -0.469 e. The van der Waals surface area contributed by atoms with Crippen molar-refractivity contribution in [3.63, 3.8) is 0 Å². The van der Waals surface area contributed by atoms with Crippen LogP contribution in [-0.2, 0) is 9.53 Å². The molecule has 0 heterocycles. The van der Waals surface area contributed by atoms with E-state index in [1.807, 2.05) is 0 Å². The molecule has 0 aromatic rings. The second-order valence-electron chi connectivity index (χ2n) is 3.15. The Kier molecular flexibility index (Phi) is 3.19. The number of nitroso groups, excluding NO2 is 1. The normalized spacial score (nSPS) is 29.4. The molecule has 68 valence electrons. The summed E-state index contributed by atoms with van der Waals surface area (Å²) in [5.41, 5.74) is 0. The Balaban J connectivity index is 2.45. The summed E-state index contributed by atoms with van der Waals surface area (Å²) in [5, 5.41) is 2.96. The van der Waals surface area contributed by atoms with Gasteiger partial charge in [0.1, 0.15) is 0 Å². The third-order valence-electron chi connectivity index (χ3n) is 2.33. The van der Waals surface area contributed by atoms with Gasteiger partial charge in [0.2, 0.25) is 0 Å². The van der Waals surface area contributed by atoms with Crippen LogP contribution in [0.2, 0.25) is 0 Å². The largest absolute Gasteiger partial charge is 0.469 e. The molecule has 0 aromatic carbocycles. The van der Waals surface area contributed by atoms with E-state index in [1.54, 1.807) is 0 Å². The number of rotatable bonds is 2. The number of nitrogens with zero attached hydrogens (tertiary/aromatic N) is 1. The lowest BCUT2D eigenvalue weighted by Gasteiger charge is -2.22. The fourth-order valence-electron chi connectivity index (χ4n) is 1.64. The highest BCUT2D eigenvalue weighted by atomic mass is 16.5. The van der Waals surface area contributed by atoms with E-state index >= 15 is 0 Å².